The fourth-order valence-electron chi connectivity index (χ4n) is 2.43. The number of nitrogens with one attached hydrogen (secondary N) is 1. The number of hydrazine groups is 1. The molecule has 0 amide bonds. The van der Waals surface area contributed by atoms with Crippen LogP contribution in [-0.4, -0.2) is 7.11 Å². The molecule has 1 atom stereocenters. The number of ether oxygens (including phenoxy) is 1. The van der Waals surface area contributed by atoms with Gasteiger partial charge in [0.25, 0.3) is 0 Å². The van der Waals surface area contributed by atoms with E-state index in [9.17, 15) is 0 Å². The number of rotatable bonds is 10. The predicted molar refractivity (Wildman–Crippen MR) is 88.8 cm³/mol. The van der Waals surface area contributed by atoms with Gasteiger partial charge in [-0.15, -0.1) is 0 Å². The quantitative estimate of drug-likeness (QED) is 0.367. The van der Waals surface area contributed by atoms with E-state index in [1.807, 2.05) is 12.1 Å². The highest BCUT2D eigenvalue weighted by atomic mass is 79.9. The Labute approximate surface area is 131 Å². The summed E-state index contributed by atoms with van der Waals surface area (Å²) in [6.07, 6.45) is 8.82. The van der Waals surface area contributed by atoms with Crippen molar-refractivity contribution in [1.82, 2.24) is 5.43 Å². The van der Waals surface area contributed by atoms with Gasteiger partial charge in [-0.2, -0.15) is 0 Å². The molecule has 20 heavy (non-hydrogen) atoms. The number of benzene rings is 1. The first kappa shape index (κ1) is 17.5. The molecule has 0 heterocycles. The van der Waals surface area contributed by atoms with Crippen molar-refractivity contribution in [3.8, 4) is 5.75 Å². The van der Waals surface area contributed by atoms with Crippen molar-refractivity contribution >= 4 is 15.9 Å². The molecule has 0 aliphatic heterocycles. The Morgan fingerprint density at radius 1 is 1.20 bits per heavy atom. The molecule has 0 spiro atoms. The van der Waals surface area contributed by atoms with E-state index in [0.717, 1.165) is 22.2 Å². The summed E-state index contributed by atoms with van der Waals surface area (Å²) in [4.78, 5) is 0. The number of unbranched alkanes of at least 4 members (excludes halogenated alkanes) is 5. The van der Waals surface area contributed by atoms with E-state index >= 15 is 0 Å². The van der Waals surface area contributed by atoms with Crippen molar-refractivity contribution in [3.05, 3.63) is 28.2 Å². The molecule has 0 aromatic heterocycles. The van der Waals surface area contributed by atoms with E-state index in [1.165, 1.54) is 38.5 Å². The van der Waals surface area contributed by atoms with Gasteiger partial charge in [-0.3, -0.25) is 11.3 Å². The molecular formula is C16H27BrN2O. The highest BCUT2D eigenvalue weighted by Crippen LogP contribution is 2.30. The summed E-state index contributed by atoms with van der Waals surface area (Å²) >= 11 is 3.46. The van der Waals surface area contributed by atoms with Gasteiger partial charge in [-0.25, -0.2) is 0 Å². The van der Waals surface area contributed by atoms with E-state index in [2.05, 4.69) is 34.3 Å². The second kappa shape index (κ2) is 10.2. The Kier molecular flexibility index (Phi) is 8.90. The van der Waals surface area contributed by atoms with Crippen LogP contribution in [0.3, 0.4) is 0 Å². The van der Waals surface area contributed by atoms with Crippen molar-refractivity contribution in [3.63, 3.8) is 0 Å². The van der Waals surface area contributed by atoms with E-state index in [-0.39, 0.29) is 6.04 Å². The lowest BCUT2D eigenvalue weighted by Gasteiger charge is -2.19. The standard InChI is InChI=1S/C16H27BrN2O/c1-3-4-5-6-7-8-9-15(19-18)14-11-10-13(17)12-16(14)20-2/h10-12,15,19H,3-9,18H2,1-2H3. The van der Waals surface area contributed by atoms with Gasteiger partial charge in [0.2, 0.25) is 0 Å². The zero-order chi connectivity index (χ0) is 14.8. The van der Waals surface area contributed by atoms with Gasteiger partial charge in [-0.1, -0.05) is 67.4 Å². The lowest BCUT2D eigenvalue weighted by atomic mass is 9.99. The fraction of sp³-hybridized carbons (Fsp3) is 0.625. The summed E-state index contributed by atoms with van der Waals surface area (Å²) in [5, 5.41) is 0. The first-order valence-electron chi connectivity index (χ1n) is 7.52. The Morgan fingerprint density at radius 3 is 2.55 bits per heavy atom. The van der Waals surface area contributed by atoms with Crippen LogP contribution in [0.4, 0.5) is 0 Å². The molecule has 1 aromatic carbocycles. The molecule has 0 saturated carbocycles. The van der Waals surface area contributed by atoms with Crippen LogP contribution in [0.15, 0.2) is 22.7 Å². The number of methoxy groups -OCH3 is 1. The molecule has 3 N–H and O–H groups in total. The Morgan fingerprint density at radius 2 is 1.90 bits per heavy atom. The molecule has 0 bridgehead atoms. The van der Waals surface area contributed by atoms with E-state index in [1.54, 1.807) is 7.11 Å². The first-order chi connectivity index (χ1) is 9.72. The van der Waals surface area contributed by atoms with Crippen LogP contribution in [0.2, 0.25) is 0 Å². The molecule has 1 rings (SSSR count). The highest BCUT2D eigenvalue weighted by Gasteiger charge is 2.14. The summed E-state index contributed by atoms with van der Waals surface area (Å²) in [6, 6.07) is 6.25. The van der Waals surface area contributed by atoms with Crippen LogP contribution >= 0.6 is 15.9 Å². The van der Waals surface area contributed by atoms with E-state index in [4.69, 9.17) is 10.6 Å². The molecule has 1 unspecified atom stereocenters. The minimum atomic E-state index is 0.157. The van der Waals surface area contributed by atoms with Crippen molar-refractivity contribution in [1.29, 1.82) is 0 Å². The number of nitrogens with two attached hydrogens (primary N) is 1. The average Bonchev–Trinajstić information content (AvgIpc) is 2.47. The first-order valence-corrected chi connectivity index (χ1v) is 8.31. The highest BCUT2D eigenvalue weighted by molar-refractivity contribution is 9.10. The molecule has 0 aliphatic carbocycles. The number of hydrogen-bond donors (Lipinski definition) is 2. The maximum atomic E-state index is 5.71. The van der Waals surface area contributed by atoms with Crippen LogP contribution in [0, 0.1) is 0 Å². The van der Waals surface area contributed by atoms with Gasteiger partial charge in [0.1, 0.15) is 5.75 Å². The SMILES string of the molecule is CCCCCCCCC(NN)c1ccc(Br)cc1OC. The normalized spacial score (nSPS) is 12.4. The summed E-state index contributed by atoms with van der Waals surface area (Å²) < 4.78 is 6.46. The van der Waals surface area contributed by atoms with Crippen LogP contribution < -0.4 is 16.0 Å². The average molecular weight is 343 g/mol. The van der Waals surface area contributed by atoms with E-state index < -0.39 is 0 Å². The van der Waals surface area contributed by atoms with Crippen molar-refractivity contribution in [2.45, 2.75) is 57.9 Å². The molecule has 3 nitrogen and oxygen atoms in total. The molecule has 4 heteroatoms. The zero-order valence-electron chi connectivity index (χ0n) is 12.6. The van der Waals surface area contributed by atoms with Gasteiger partial charge in [0.15, 0.2) is 0 Å². The maximum Gasteiger partial charge on any atom is 0.124 e. The van der Waals surface area contributed by atoms with Crippen molar-refractivity contribution in [2.24, 2.45) is 5.84 Å². The fourth-order valence-corrected chi connectivity index (χ4v) is 2.77. The monoisotopic (exact) mass is 342 g/mol. The molecular weight excluding hydrogens is 316 g/mol. The van der Waals surface area contributed by atoms with Gasteiger partial charge < -0.3 is 4.74 Å². The Bertz CT molecular complexity index is 385. The van der Waals surface area contributed by atoms with Crippen molar-refractivity contribution < 1.29 is 4.74 Å². The lowest BCUT2D eigenvalue weighted by molar-refractivity contribution is 0.392. The number of hydrogen-bond acceptors (Lipinski definition) is 3. The van der Waals surface area contributed by atoms with Crippen LogP contribution in [0.5, 0.6) is 5.75 Å². The van der Waals surface area contributed by atoms with Crippen LogP contribution in [0.25, 0.3) is 0 Å². The molecule has 114 valence electrons. The summed E-state index contributed by atoms with van der Waals surface area (Å²) in [5.74, 6) is 6.59. The smallest absolute Gasteiger partial charge is 0.124 e. The van der Waals surface area contributed by atoms with E-state index in [0.29, 0.717) is 0 Å². The second-order valence-electron chi connectivity index (χ2n) is 5.16. The largest absolute Gasteiger partial charge is 0.496 e. The molecule has 1 aromatic rings. The zero-order valence-corrected chi connectivity index (χ0v) is 14.2. The lowest BCUT2D eigenvalue weighted by Crippen LogP contribution is -2.28. The molecule has 0 aliphatic rings. The van der Waals surface area contributed by atoms with Crippen LogP contribution in [0.1, 0.15) is 63.5 Å². The van der Waals surface area contributed by atoms with Gasteiger partial charge >= 0.3 is 0 Å². The second-order valence-corrected chi connectivity index (χ2v) is 6.08. The van der Waals surface area contributed by atoms with Crippen LogP contribution in [-0.2, 0) is 0 Å². The summed E-state index contributed by atoms with van der Waals surface area (Å²) in [7, 11) is 1.70. The van der Waals surface area contributed by atoms with Gasteiger partial charge in [-0.05, 0) is 18.6 Å². The molecule has 0 saturated heterocycles. The third-order valence-electron chi connectivity index (χ3n) is 3.62. The molecule has 0 radical (unpaired) electrons. The minimum Gasteiger partial charge on any atom is -0.496 e. The topological polar surface area (TPSA) is 47.3 Å². The maximum absolute atomic E-state index is 5.71. The minimum absolute atomic E-state index is 0.157. The third-order valence-corrected chi connectivity index (χ3v) is 4.11. The summed E-state index contributed by atoms with van der Waals surface area (Å²) in [6.45, 7) is 2.24. The predicted octanol–water partition coefficient (Wildman–Crippen LogP) is 4.71. The van der Waals surface area contributed by atoms with Gasteiger partial charge in [0, 0.05) is 16.1 Å². The number of halogens is 1. The van der Waals surface area contributed by atoms with Gasteiger partial charge in [0.05, 0.1) is 7.11 Å². The third kappa shape index (κ3) is 5.81. The Balaban J connectivity index is 2.49. The molecule has 0 fully saturated rings. The summed E-state index contributed by atoms with van der Waals surface area (Å²) in [5.41, 5.74) is 4.05. The Hall–Kier alpha value is -0.580. The van der Waals surface area contributed by atoms with Crippen molar-refractivity contribution in [2.75, 3.05) is 7.11 Å².